The summed E-state index contributed by atoms with van der Waals surface area (Å²) in [6.07, 6.45) is -0.00836. The first kappa shape index (κ1) is 11.0. The fourth-order valence-electron chi connectivity index (χ4n) is 2.32. The van der Waals surface area contributed by atoms with Crippen LogP contribution in [0.25, 0.3) is 0 Å². The van der Waals surface area contributed by atoms with Crippen molar-refractivity contribution in [3.63, 3.8) is 0 Å². The minimum atomic E-state index is -2.50. The summed E-state index contributed by atoms with van der Waals surface area (Å²) in [6.45, 7) is 2.46. The molecule has 1 aliphatic carbocycles. The molecule has 0 atom stereocenters. The lowest BCUT2D eigenvalue weighted by Gasteiger charge is -2.41. The summed E-state index contributed by atoms with van der Waals surface area (Å²) in [5.74, 6) is -1.91. The molecule has 2 fully saturated rings. The highest BCUT2D eigenvalue weighted by Gasteiger charge is 2.76. The molecule has 1 aliphatic heterocycles. The van der Waals surface area contributed by atoms with E-state index < -0.39 is 11.3 Å². The number of nitrogen functional groups attached to an aromatic ring is 1. The Balaban J connectivity index is 1.80. The van der Waals surface area contributed by atoms with Gasteiger partial charge in [-0.25, -0.2) is 13.8 Å². The molecule has 0 radical (unpaired) electrons. The van der Waals surface area contributed by atoms with E-state index in [0.29, 0.717) is 29.7 Å². The number of nitrogens with zero attached hydrogens (tertiary/aromatic N) is 2. The number of alkyl halides is 2. The van der Waals surface area contributed by atoms with Crippen LogP contribution in [0.3, 0.4) is 0 Å². The van der Waals surface area contributed by atoms with Crippen LogP contribution in [0.2, 0.25) is 5.15 Å². The van der Waals surface area contributed by atoms with E-state index in [1.54, 1.807) is 17.9 Å². The largest absolute Gasteiger partial charge is 0.398 e. The normalized spacial score (nSPS) is 23.6. The Hall–Kier alpha value is -1.10. The van der Waals surface area contributed by atoms with Crippen molar-refractivity contribution in [3.05, 3.63) is 16.8 Å². The Labute approximate surface area is 103 Å². The van der Waals surface area contributed by atoms with Gasteiger partial charge in [0.25, 0.3) is 5.92 Å². The van der Waals surface area contributed by atoms with Crippen LogP contribution in [-0.2, 0) is 0 Å². The third-order valence-electron chi connectivity index (χ3n) is 3.76. The standard InChI is InChI=1S/C11H12ClF2N3/c1-6-7(15)2-8(16-9(6)12)17-4-10(5-17)3-11(10,13)14/h2H,3-5H2,1H3,(H2,15,16). The van der Waals surface area contributed by atoms with Crippen molar-refractivity contribution in [2.24, 2.45) is 5.41 Å². The maximum Gasteiger partial charge on any atom is 0.258 e. The average Bonchev–Trinajstić information content (AvgIpc) is 2.75. The number of halogens is 3. The maximum absolute atomic E-state index is 13.0. The predicted molar refractivity (Wildman–Crippen MR) is 62.6 cm³/mol. The van der Waals surface area contributed by atoms with Crippen LogP contribution in [0.15, 0.2) is 6.07 Å². The molecule has 1 saturated heterocycles. The summed E-state index contributed by atoms with van der Waals surface area (Å²) < 4.78 is 26.1. The minimum absolute atomic E-state index is 0.00836. The van der Waals surface area contributed by atoms with Crippen LogP contribution in [0.5, 0.6) is 0 Å². The molecule has 0 aromatic carbocycles. The molecule has 92 valence electrons. The van der Waals surface area contributed by atoms with Crippen LogP contribution in [0.4, 0.5) is 20.3 Å². The molecule has 17 heavy (non-hydrogen) atoms. The average molecular weight is 260 g/mol. The van der Waals surface area contributed by atoms with Gasteiger partial charge in [-0.15, -0.1) is 0 Å². The van der Waals surface area contributed by atoms with Crippen molar-refractivity contribution < 1.29 is 8.78 Å². The van der Waals surface area contributed by atoms with Crippen molar-refractivity contribution in [3.8, 4) is 0 Å². The second kappa shape index (κ2) is 3.02. The zero-order valence-corrected chi connectivity index (χ0v) is 10.1. The van der Waals surface area contributed by atoms with Crippen molar-refractivity contribution in [1.29, 1.82) is 0 Å². The van der Waals surface area contributed by atoms with E-state index in [2.05, 4.69) is 4.98 Å². The zero-order chi connectivity index (χ0) is 12.4. The Bertz CT molecular complexity index is 474. The van der Waals surface area contributed by atoms with E-state index in [0.717, 1.165) is 5.56 Å². The first-order valence-electron chi connectivity index (χ1n) is 5.40. The number of nitrogens with two attached hydrogens (primary N) is 1. The van der Waals surface area contributed by atoms with Gasteiger partial charge in [0, 0.05) is 36.8 Å². The van der Waals surface area contributed by atoms with Gasteiger partial charge in [-0.1, -0.05) is 11.6 Å². The third-order valence-corrected chi connectivity index (χ3v) is 4.13. The Kier molecular flexibility index (Phi) is 1.95. The molecular formula is C11H12ClF2N3. The SMILES string of the molecule is Cc1c(N)cc(N2CC3(C2)CC3(F)F)nc1Cl. The molecule has 0 amide bonds. The van der Waals surface area contributed by atoms with Crippen LogP contribution < -0.4 is 10.6 Å². The lowest BCUT2D eigenvalue weighted by atomic mass is 9.96. The quantitative estimate of drug-likeness (QED) is 0.788. The Morgan fingerprint density at radius 2 is 2.06 bits per heavy atom. The molecular weight excluding hydrogens is 248 g/mol. The molecule has 1 spiro atoms. The van der Waals surface area contributed by atoms with Crippen molar-refractivity contribution in [1.82, 2.24) is 4.98 Å². The molecule has 2 heterocycles. The summed E-state index contributed by atoms with van der Waals surface area (Å²) >= 11 is 5.92. The molecule has 1 aromatic heterocycles. The molecule has 2 aliphatic rings. The molecule has 1 saturated carbocycles. The highest BCUT2D eigenvalue weighted by molar-refractivity contribution is 6.30. The number of hydrogen-bond acceptors (Lipinski definition) is 3. The summed E-state index contributed by atoms with van der Waals surface area (Å²) in [5.41, 5.74) is 6.24. The highest BCUT2D eigenvalue weighted by atomic mass is 35.5. The van der Waals surface area contributed by atoms with Gasteiger partial charge in [-0.3, -0.25) is 0 Å². The number of rotatable bonds is 1. The van der Waals surface area contributed by atoms with Gasteiger partial charge < -0.3 is 10.6 Å². The molecule has 6 heteroatoms. The van der Waals surface area contributed by atoms with Crippen LogP contribution in [0, 0.1) is 12.3 Å². The number of anilines is 2. The molecule has 1 aromatic rings. The summed E-state index contributed by atoms with van der Waals surface area (Å²) in [6, 6.07) is 1.69. The maximum atomic E-state index is 13.0. The van der Waals surface area contributed by atoms with Gasteiger partial charge in [0.05, 0.1) is 5.41 Å². The van der Waals surface area contributed by atoms with Crippen LogP contribution >= 0.6 is 11.6 Å². The Morgan fingerprint density at radius 3 is 2.53 bits per heavy atom. The van der Waals surface area contributed by atoms with Crippen molar-refractivity contribution in [2.75, 3.05) is 23.7 Å². The number of hydrogen-bond donors (Lipinski definition) is 1. The van der Waals surface area contributed by atoms with Crippen molar-refractivity contribution >= 4 is 23.1 Å². The zero-order valence-electron chi connectivity index (χ0n) is 9.30. The highest BCUT2D eigenvalue weighted by Crippen LogP contribution is 2.65. The molecule has 2 N–H and O–H groups in total. The van der Waals surface area contributed by atoms with Gasteiger partial charge in [0.2, 0.25) is 0 Å². The summed E-state index contributed by atoms with van der Waals surface area (Å²) in [4.78, 5) is 5.96. The monoisotopic (exact) mass is 259 g/mol. The number of aromatic nitrogens is 1. The minimum Gasteiger partial charge on any atom is -0.398 e. The second-order valence-electron chi connectivity index (χ2n) is 5.00. The molecule has 0 unspecified atom stereocenters. The summed E-state index contributed by atoms with van der Waals surface area (Å²) in [7, 11) is 0. The van der Waals surface area contributed by atoms with E-state index in [1.807, 2.05) is 0 Å². The third kappa shape index (κ3) is 1.41. The van der Waals surface area contributed by atoms with E-state index in [9.17, 15) is 8.78 Å². The molecule has 3 nitrogen and oxygen atoms in total. The van der Waals surface area contributed by atoms with Gasteiger partial charge in [0.15, 0.2) is 0 Å². The van der Waals surface area contributed by atoms with Crippen LogP contribution in [0.1, 0.15) is 12.0 Å². The van der Waals surface area contributed by atoms with E-state index in [1.165, 1.54) is 0 Å². The summed E-state index contributed by atoms with van der Waals surface area (Å²) in [5, 5.41) is 0.337. The van der Waals surface area contributed by atoms with Gasteiger partial charge in [0.1, 0.15) is 11.0 Å². The van der Waals surface area contributed by atoms with E-state index in [-0.39, 0.29) is 6.42 Å². The fraction of sp³-hybridized carbons (Fsp3) is 0.545. The fourth-order valence-corrected chi connectivity index (χ4v) is 2.51. The van der Waals surface area contributed by atoms with E-state index in [4.69, 9.17) is 17.3 Å². The lowest BCUT2D eigenvalue weighted by molar-refractivity contribution is 0.0518. The van der Waals surface area contributed by atoms with Gasteiger partial charge in [-0.05, 0) is 6.92 Å². The first-order valence-corrected chi connectivity index (χ1v) is 5.78. The van der Waals surface area contributed by atoms with Crippen LogP contribution in [-0.4, -0.2) is 24.0 Å². The molecule has 0 bridgehead atoms. The second-order valence-corrected chi connectivity index (χ2v) is 5.36. The van der Waals surface area contributed by atoms with Gasteiger partial charge >= 0.3 is 0 Å². The topological polar surface area (TPSA) is 42.1 Å². The molecule has 3 rings (SSSR count). The first-order chi connectivity index (χ1) is 7.85. The smallest absolute Gasteiger partial charge is 0.258 e. The predicted octanol–water partition coefficient (Wildman–Crippen LogP) is 2.47. The number of pyridine rings is 1. The lowest BCUT2D eigenvalue weighted by Crippen LogP contribution is -2.51. The van der Waals surface area contributed by atoms with Gasteiger partial charge in [-0.2, -0.15) is 0 Å². The van der Waals surface area contributed by atoms with E-state index >= 15 is 0 Å². The Morgan fingerprint density at radius 1 is 1.47 bits per heavy atom. The van der Waals surface area contributed by atoms with Crippen molar-refractivity contribution in [2.45, 2.75) is 19.3 Å².